The molecule has 39 heavy (non-hydrogen) atoms. The SMILES string of the molecule is COc1ccc([C@H]2C(C(=O)OC(C)C)=C(C)N=c3s/c(=C/c4ccc(-c5cc(Cl)ccc5Cl)o4)c(=O)n32)cc1. The minimum absolute atomic E-state index is 0.305. The van der Waals surface area contributed by atoms with Crippen LogP contribution < -0.4 is 19.6 Å². The second-order valence-corrected chi connectivity index (χ2v) is 11.0. The molecule has 0 saturated carbocycles. The summed E-state index contributed by atoms with van der Waals surface area (Å²) in [4.78, 5) is 32.1. The molecule has 2 aromatic carbocycles. The van der Waals surface area contributed by atoms with Crippen LogP contribution in [0.25, 0.3) is 17.4 Å². The Labute approximate surface area is 238 Å². The van der Waals surface area contributed by atoms with Gasteiger partial charge < -0.3 is 13.9 Å². The van der Waals surface area contributed by atoms with E-state index in [1.807, 2.05) is 12.1 Å². The summed E-state index contributed by atoms with van der Waals surface area (Å²) >= 11 is 13.7. The molecule has 0 fully saturated rings. The Kier molecular flexibility index (Phi) is 7.53. The zero-order valence-corrected chi connectivity index (χ0v) is 23.9. The second-order valence-electron chi connectivity index (χ2n) is 9.14. The van der Waals surface area contributed by atoms with E-state index in [1.165, 1.54) is 15.9 Å². The predicted octanol–water partition coefficient (Wildman–Crippen LogP) is 5.76. The topological polar surface area (TPSA) is 83.0 Å². The van der Waals surface area contributed by atoms with Gasteiger partial charge in [-0.1, -0.05) is 46.7 Å². The number of carbonyl (C=O) groups is 1. The van der Waals surface area contributed by atoms with Crippen LogP contribution in [0.1, 0.15) is 38.1 Å². The van der Waals surface area contributed by atoms with E-state index in [9.17, 15) is 9.59 Å². The van der Waals surface area contributed by atoms with Gasteiger partial charge in [-0.3, -0.25) is 9.36 Å². The summed E-state index contributed by atoms with van der Waals surface area (Å²) in [5, 5.41) is 1.02. The molecule has 0 radical (unpaired) electrons. The standard InChI is InChI=1S/C29H24Cl2N2O5S/c1-15(2)37-28(35)25-16(3)32-29-33(26(25)17-5-8-19(36-4)9-6-17)27(34)24(39-29)14-20-10-12-23(38-20)21-13-18(30)7-11-22(21)31/h5-15,26H,1-4H3/b24-14+/t26-/m0/s1. The number of thiazole rings is 1. The Morgan fingerprint density at radius 2 is 1.87 bits per heavy atom. The Morgan fingerprint density at radius 3 is 2.56 bits per heavy atom. The molecule has 1 atom stereocenters. The maximum absolute atomic E-state index is 13.8. The highest BCUT2D eigenvalue weighted by Crippen LogP contribution is 2.33. The molecule has 2 aromatic heterocycles. The number of hydrogen-bond donors (Lipinski definition) is 0. The molecule has 7 nitrogen and oxygen atoms in total. The number of nitrogens with zero attached hydrogens (tertiary/aromatic N) is 2. The maximum Gasteiger partial charge on any atom is 0.338 e. The lowest BCUT2D eigenvalue weighted by atomic mass is 9.96. The molecule has 0 amide bonds. The van der Waals surface area contributed by atoms with Crippen LogP contribution in [0.15, 0.2) is 80.1 Å². The molecule has 200 valence electrons. The molecule has 0 spiro atoms. The van der Waals surface area contributed by atoms with Gasteiger partial charge in [-0.25, -0.2) is 9.79 Å². The third kappa shape index (κ3) is 5.32. The molecule has 0 N–H and O–H groups in total. The van der Waals surface area contributed by atoms with Crippen LogP contribution in [0, 0.1) is 0 Å². The highest BCUT2D eigenvalue weighted by molar-refractivity contribution is 7.07. The molecule has 0 saturated heterocycles. The number of aromatic nitrogens is 1. The number of halogens is 2. The first-order valence-corrected chi connectivity index (χ1v) is 13.7. The third-order valence-corrected chi connectivity index (χ3v) is 7.66. The highest BCUT2D eigenvalue weighted by atomic mass is 35.5. The van der Waals surface area contributed by atoms with Crippen LogP contribution in [-0.2, 0) is 9.53 Å². The van der Waals surface area contributed by atoms with Gasteiger partial charge in [0.25, 0.3) is 5.56 Å². The van der Waals surface area contributed by atoms with Crippen LogP contribution in [0.3, 0.4) is 0 Å². The van der Waals surface area contributed by atoms with E-state index in [0.717, 1.165) is 5.56 Å². The van der Waals surface area contributed by atoms with E-state index in [0.29, 0.717) is 53.5 Å². The van der Waals surface area contributed by atoms with Crippen molar-refractivity contribution >= 4 is 46.6 Å². The van der Waals surface area contributed by atoms with Gasteiger partial charge in [0.15, 0.2) is 4.80 Å². The average molecular weight is 583 g/mol. The first kappa shape index (κ1) is 27.0. The fraction of sp³-hybridized carbons (Fsp3) is 0.207. The lowest BCUT2D eigenvalue weighted by Gasteiger charge is -2.25. The van der Waals surface area contributed by atoms with Crippen LogP contribution in [0.5, 0.6) is 5.75 Å². The molecule has 3 heterocycles. The molecule has 4 aromatic rings. The first-order valence-electron chi connectivity index (χ1n) is 12.1. The first-order chi connectivity index (χ1) is 18.7. The van der Waals surface area contributed by atoms with E-state index in [-0.39, 0.29) is 11.7 Å². The highest BCUT2D eigenvalue weighted by Gasteiger charge is 2.33. The van der Waals surface area contributed by atoms with E-state index < -0.39 is 12.0 Å². The number of carbonyl (C=O) groups excluding carboxylic acids is 1. The summed E-state index contributed by atoms with van der Waals surface area (Å²) in [6, 6.07) is 15.1. The van der Waals surface area contributed by atoms with Gasteiger partial charge in [-0.15, -0.1) is 0 Å². The number of esters is 1. The molecule has 0 bridgehead atoms. The van der Waals surface area contributed by atoms with Crippen molar-refractivity contribution in [1.29, 1.82) is 0 Å². The molecule has 1 aliphatic rings. The maximum atomic E-state index is 13.8. The van der Waals surface area contributed by atoms with E-state index in [4.69, 9.17) is 37.1 Å². The number of ether oxygens (including phenoxy) is 2. The van der Waals surface area contributed by atoms with Gasteiger partial charge in [0.1, 0.15) is 17.3 Å². The van der Waals surface area contributed by atoms with E-state index in [2.05, 4.69) is 4.99 Å². The monoisotopic (exact) mass is 582 g/mol. The van der Waals surface area contributed by atoms with Crippen LogP contribution in [0.2, 0.25) is 10.0 Å². The molecular weight excluding hydrogens is 559 g/mol. The van der Waals surface area contributed by atoms with Crippen molar-refractivity contribution in [2.45, 2.75) is 32.9 Å². The summed E-state index contributed by atoms with van der Waals surface area (Å²) in [7, 11) is 1.58. The fourth-order valence-electron chi connectivity index (χ4n) is 4.35. The zero-order chi connectivity index (χ0) is 27.8. The summed E-state index contributed by atoms with van der Waals surface area (Å²) in [6.45, 7) is 5.30. The summed E-state index contributed by atoms with van der Waals surface area (Å²) in [5.74, 6) is 1.12. The van der Waals surface area contributed by atoms with Crippen molar-refractivity contribution < 1.29 is 18.7 Å². The molecule has 1 aliphatic heterocycles. The third-order valence-electron chi connectivity index (χ3n) is 6.11. The van der Waals surface area contributed by atoms with E-state index >= 15 is 0 Å². The van der Waals surface area contributed by atoms with Crippen LogP contribution in [-0.4, -0.2) is 23.8 Å². The predicted molar refractivity (Wildman–Crippen MR) is 152 cm³/mol. The zero-order valence-electron chi connectivity index (χ0n) is 21.5. The summed E-state index contributed by atoms with van der Waals surface area (Å²) < 4.78 is 18.8. The van der Waals surface area contributed by atoms with Crippen molar-refractivity contribution in [2.24, 2.45) is 4.99 Å². The normalized spacial score (nSPS) is 15.4. The minimum atomic E-state index is -0.724. The van der Waals surface area contributed by atoms with Crippen molar-refractivity contribution in [3.63, 3.8) is 0 Å². The van der Waals surface area contributed by atoms with Crippen molar-refractivity contribution in [3.05, 3.63) is 107 Å². The number of allylic oxidation sites excluding steroid dienone is 1. The van der Waals surface area contributed by atoms with E-state index in [1.54, 1.807) is 76.4 Å². The van der Waals surface area contributed by atoms with Crippen LogP contribution >= 0.6 is 34.5 Å². The molecular formula is C29H24Cl2N2O5S. The Bertz CT molecular complexity index is 1780. The molecule has 0 unspecified atom stereocenters. The van der Waals surface area contributed by atoms with Crippen molar-refractivity contribution in [2.75, 3.05) is 7.11 Å². The smallest absolute Gasteiger partial charge is 0.338 e. The van der Waals surface area contributed by atoms with Gasteiger partial charge >= 0.3 is 5.97 Å². The summed E-state index contributed by atoms with van der Waals surface area (Å²) in [5.41, 5.74) is 1.87. The number of benzene rings is 2. The number of rotatable bonds is 6. The average Bonchev–Trinajstić information content (AvgIpc) is 3.48. The Hall–Kier alpha value is -3.59. The number of furan rings is 1. The molecule has 0 aliphatic carbocycles. The van der Waals surface area contributed by atoms with Crippen LogP contribution in [0.4, 0.5) is 0 Å². The minimum Gasteiger partial charge on any atom is -0.497 e. The van der Waals surface area contributed by atoms with Crippen molar-refractivity contribution in [1.82, 2.24) is 4.57 Å². The second kappa shape index (κ2) is 10.9. The quantitative estimate of drug-likeness (QED) is 0.270. The van der Waals surface area contributed by atoms with Gasteiger partial charge in [0.2, 0.25) is 0 Å². The Balaban J connectivity index is 1.63. The lowest BCUT2D eigenvalue weighted by molar-refractivity contribution is -0.143. The van der Waals surface area contributed by atoms with Gasteiger partial charge in [0, 0.05) is 16.7 Å². The van der Waals surface area contributed by atoms with Gasteiger partial charge in [-0.05, 0) is 68.8 Å². The number of fused-ring (bicyclic) bond motifs is 1. The molecule has 5 rings (SSSR count). The lowest BCUT2D eigenvalue weighted by Crippen LogP contribution is -2.40. The number of methoxy groups -OCH3 is 1. The number of hydrogen-bond acceptors (Lipinski definition) is 7. The summed E-state index contributed by atoms with van der Waals surface area (Å²) in [6.07, 6.45) is 1.32. The van der Waals surface area contributed by atoms with Gasteiger partial charge in [-0.2, -0.15) is 0 Å². The van der Waals surface area contributed by atoms with Gasteiger partial charge in [0.05, 0.1) is 40.1 Å². The molecule has 10 heteroatoms. The van der Waals surface area contributed by atoms with Crippen molar-refractivity contribution in [3.8, 4) is 17.1 Å². The fourth-order valence-corrected chi connectivity index (χ4v) is 5.76. The Morgan fingerprint density at radius 1 is 1.13 bits per heavy atom. The largest absolute Gasteiger partial charge is 0.497 e.